The lowest BCUT2D eigenvalue weighted by Crippen LogP contribution is -2.16. The Morgan fingerprint density at radius 2 is 1.83 bits per heavy atom. The van der Waals surface area contributed by atoms with Crippen molar-refractivity contribution in [2.24, 2.45) is 0 Å². The number of benzene rings is 2. The molecule has 0 aliphatic rings. The average Bonchev–Trinajstić information content (AvgIpc) is 3.08. The van der Waals surface area contributed by atoms with Crippen LogP contribution in [0, 0.1) is 13.8 Å². The molecule has 0 aliphatic heterocycles. The van der Waals surface area contributed by atoms with Crippen molar-refractivity contribution >= 4 is 39.3 Å². The van der Waals surface area contributed by atoms with Crippen LogP contribution >= 0.6 is 27.7 Å². The van der Waals surface area contributed by atoms with Crippen molar-refractivity contribution in [1.29, 1.82) is 0 Å². The number of nitrogens with one attached hydrogen (secondary N) is 1. The molecule has 0 fully saturated rings. The molecule has 0 radical (unpaired) electrons. The molecule has 0 atom stereocenters. The lowest BCUT2D eigenvalue weighted by molar-refractivity contribution is -0.113. The largest absolute Gasteiger partial charge is 0.325 e. The van der Waals surface area contributed by atoms with Gasteiger partial charge in [-0.2, -0.15) is 0 Å². The van der Waals surface area contributed by atoms with E-state index < -0.39 is 0 Å². The lowest BCUT2D eigenvalue weighted by Gasteiger charge is -2.14. The van der Waals surface area contributed by atoms with Gasteiger partial charge < -0.3 is 5.32 Å². The molecule has 3 aromatic rings. The van der Waals surface area contributed by atoms with E-state index in [9.17, 15) is 4.79 Å². The summed E-state index contributed by atoms with van der Waals surface area (Å²) < 4.78 is 3.01. The number of rotatable bonds is 7. The zero-order valence-electron chi connectivity index (χ0n) is 17.1. The third-order valence-electron chi connectivity index (χ3n) is 4.76. The molecular weight excluding hydrogens is 448 g/mol. The highest BCUT2D eigenvalue weighted by Crippen LogP contribution is 2.27. The molecule has 1 N–H and O–H groups in total. The monoisotopic (exact) mass is 472 g/mol. The first kappa shape index (κ1) is 21.6. The molecule has 5 nitrogen and oxygen atoms in total. The van der Waals surface area contributed by atoms with Crippen LogP contribution in [0.1, 0.15) is 36.4 Å². The Hall–Kier alpha value is -2.12. The second kappa shape index (κ2) is 9.59. The fourth-order valence-corrected chi connectivity index (χ4v) is 4.61. The van der Waals surface area contributed by atoms with Gasteiger partial charge >= 0.3 is 0 Å². The van der Waals surface area contributed by atoms with Crippen LogP contribution < -0.4 is 5.32 Å². The summed E-state index contributed by atoms with van der Waals surface area (Å²) in [5.41, 5.74) is 5.35. The van der Waals surface area contributed by atoms with Crippen molar-refractivity contribution in [3.8, 4) is 5.69 Å². The van der Waals surface area contributed by atoms with E-state index in [1.54, 1.807) is 0 Å². The van der Waals surface area contributed by atoms with Crippen molar-refractivity contribution < 1.29 is 4.79 Å². The topological polar surface area (TPSA) is 59.8 Å². The number of amides is 1. The number of hydrogen-bond donors (Lipinski definition) is 1. The SMILES string of the molecule is CCc1ccc(-n2c(C)nnc2SCC(=O)Nc2c(C)cc(Br)cc2CC)cc1. The van der Waals surface area contributed by atoms with Gasteiger partial charge in [0.05, 0.1) is 5.75 Å². The van der Waals surface area contributed by atoms with E-state index in [0.29, 0.717) is 5.16 Å². The lowest BCUT2D eigenvalue weighted by atomic mass is 10.1. The van der Waals surface area contributed by atoms with Gasteiger partial charge in [-0.25, -0.2) is 0 Å². The minimum atomic E-state index is -0.0522. The number of aryl methyl sites for hydroxylation is 4. The highest BCUT2D eigenvalue weighted by molar-refractivity contribution is 9.10. The molecule has 0 saturated heterocycles. The zero-order chi connectivity index (χ0) is 21.0. The van der Waals surface area contributed by atoms with E-state index >= 15 is 0 Å². The van der Waals surface area contributed by atoms with E-state index in [1.165, 1.54) is 17.3 Å². The summed E-state index contributed by atoms with van der Waals surface area (Å²) in [6, 6.07) is 12.4. The third-order valence-corrected chi connectivity index (χ3v) is 6.14. The summed E-state index contributed by atoms with van der Waals surface area (Å²) in [5.74, 6) is 1.02. The van der Waals surface area contributed by atoms with Gasteiger partial charge in [-0.05, 0) is 67.6 Å². The number of thioether (sulfide) groups is 1. The quantitative estimate of drug-likeness (QED) is 0.461. The minimum absolute atomic E-state index is 0.0522. The van der Waals surface area contributed by atoms with E-state index in [0.717, 1.165) is 45.6 Å². The summed E-state index contributed by atoms with van der Waals surface area (Å²) >= 11 is 4.91. The van der Waals surface area contributed by atoms with Gasteiger partial charge in [-0.1, -0.05) is 53.7 Å². The number of hydrogen-bond acceptors (Lipinski definition) is 4. The van der Waals surface area contributed by atoms with Crippen molar-refractivity contribution in [3.05, 3.63) is 63.4 Å². The Kier molecular flexibility index (Phi) is 7.14. The highest BCUT2D eigenvalue weighted by atomic mass is 79.9. The number of halogens is 1. The molecule has 0 spiro atoms. The molecule has 3 rings (SSSR count). The van der Waals surface area contributed by atoms with Gasteiger partial charge in [0.2, 0.25) is 5.91 Å². The summed E-state index contributed by atoms with van der Waals surface area (Å²) in [6.45, 7) is 8.15. The fourth-order valence-electron chi connectivity index (χ4n) is 3.19. The molecule has 0 aliphatic carbocycles. The maximum absolute atomic E-state index is 12.6. The van der Waals surface area contributed by atoms with E-state index in [-0.39, 0.29) is 11.7 Å². The Labute approximate surface area is 184 Å². The zero-order valence-corrected chi connectivity index (χ0v) is 19.5. The van der Waals surface area contributed by atoms with Gasteiger partial charge in [0.25, 0.3) is 0 Å². The van der Waals surface area contributed by atoms with Crippen LogP contribution in [0.2, 0.25) is 0 Å². The molecule has 0 unspecified atom stereocenters. The number of anilines is 1. The number of nitrogens with zero attached hydrogens (tertiary/aromatic N) is 3. The molecule has 1 heterocycles. The predicted molar refractivity (Wildman–Crippen MR) is 123 cm³/mol. The van der Waals surface area contributed by atoms with E-state index in [1.807, 2.05) is 24.5 Å². The third kappa shape index (κ3) is 5.08. The Balaban J connectivity index is 1.73. The molecule has 0 saturated carbocycles. The molecule has 0 bridgehead atoms. The number of carbonyl (C=O) groups is 1. The summed E-state index contributed by atoms with van der Waals surface area (Å²) in [7, 11) is 0. The van der Waals surface area contributed by atoms with Crippen molar-refractivity contribution in [3.63, 3.8) is 0 Å². The Morgan fingerprint density at radius 3 is 2.48 bits per heavy atom. The van der Waals surface area contributed by atoms with E-state index in [2.05, 4.69) is 75.6 Å². The van der Waals surface area contributed by atoms with Crippen LogP contribution in [0.25, 0.3) is 5.69 Å². The number of aromatic nitrogens is 3. The predicted octanol–water partition coefficient (Wildman–Crippen LogP) is 5.50. The number of carbonyl (C=O) groups excluding carboxylic acids is 1. The van der Waals surface area contributed by atoms with Crippen LogP contribution in [0.15, 0.2) is 46.0 Å². The Morgan fingerprint density at radius 1 is 1.10 bits per heavy atom. The first-order valence-corrected chi connectivity index (χ1v) is 11.4. The molecule has 2 aromatic carbocycles. The van der Waals surface area contributed by atoms with Gasteiger partial charge in [-0.15, -0.1) is 10.2 Å². The minimum Gasteiger partial charge on any atom is -0.325 e. The van der Waals surface area contributed by atoms with Crippen molar-refractivity contribution in [2.45, 2.75) is 45.7 Å². The second-order valence-corrected chi connectivity index (χ2v) is 8.69. The fraction of sp³-hybridized carbons (Fsp3) is 0.318. The standard InChI is InChI=1S/C22H25BrN4OS/c1-5-16-7-9-19(10-8-16)27-15(4)25-26-22(27)29-13-20(28)24-21-14(3)11-18(23)12-17(21)6-2/h7-12H,5-6,13H2,1-4H3,(H,24,28). The van der Waals surface area contributed by atoms with Gasteiger partial charge in [0, 0.05) is 15.8 Å². The van der Waals surface area contributed by atoms with Gasteiger partial charge in [-0.3, -0.25) is 9.36 Å². The van der Waals surface area contributed by atoms with Crippen LogP contribution in [0.4, 0.5) is 5.69 Å². The normalized spacial score (nSPS) is 10.9. The van der Waals surface area contributed by atoms with Crippen molar-refractivity contribution in [2.75, 3.05) is 11.1 Å². The second-order valence-electron chi connectivity index (χ2n) is 6.83. The molecule has 152 valence electrons. The van der Waals surface area contributed by atoms with Crippen LogP contribution in [0.3, 0.4) is 0 Å². The molecule has 7 heteroatoms. The summed E-state index contributed by atoms with van der Waals surface area (Å²) in [4.78, 5) is 12.6. The van der Waals surface area contributed by atoms with E-state index in [4.69, 9.17) is 0 Å². The van der Waals surface area contributed by atoms with Crippen LogP contribution in [-0.2, 0) is 17.6 Å². The summed E-state index contributed by atoms with van der Waals surface area (Å²) in [6.07, 6.45) is 1.85. The van der Waals surface area contributed by atoms with Gasteiger partial charge in [0.1, 0.15) is 5.82 Å². The molecule has 1 aromatic heterocycles. The summed E-state index contributed by atoms with van der Waals surface area (Å²) in [5, 5.41) is 12.3. The Bertz CT molecular complexity index is 1010. The highest BCUT2D eigenvalue weighted by Gasteiger charge is 2.15. The van der Waals surface area contributed by atoms with Crippen molar-refractivity contribution in [1.82, 2.24) is 14.8 Å². The first-order valence-electron chi connectivity index (χ1n) is 9.65. The van der Waals surface area contributed by atoms with Crippen LogP contribution in [-0.4, -0.2) is 26.4 Å². The molecule has 29 heavy (non-hydrogen) atoms. The maximum Gasteiger partial charge on any atom is 0.234 e. The molecule has 1 amide bonds. The van der Waals surface area contributed by atoms with Crippen LogP contribution in [0.5, 0.6) is 0 Å². The molecular formula is C22H25BrN4OS. The van der Waals surface area contributed by atoms with Gasteiger partial charge in [0.15, 0.2) is 5.16 Å². The first-order chi connectivity index (χ1) is 13.9. The average molecular weight is 473 g/mol. The smallest absolute Gasteiger partial charge is 0.234 e. The maximum atomic E-state index is 12.6.